The van der Waals surface area contributed by atoms with Gasteiger partial charge in [0.1, 0.15) is 22.4 Å². The summed E-state index contributed by atoms with van der Waals surface area (Å²) in [6, 6.07) is 0.427. The molecule has 1 heterocycles. The average molecular weight is 287 g/mol. The second-order valence-electron chi connectivity index (χ2n) is 4.04. The molecule has 0 radical (unpaired) electrons. The number of rotatable bonds is 5. The zero-order chi connectivity index (χ0) is 12.1. The maximum absolute atomic E-state index is 4.25. The van der Waals surface area contributed by atoms with Crippen LogP contribution in [0.15, 0.2) is 10.8 Å². The lowest BCUT2D eigenvalue weighted by atomic mass is 10.0. The van der Waals surface area contributed by atoms with Crippen molar-refractivity contribution in [3.8, 4) is 0 Å². The lowest BCUT2D eigenvalue weighted by molar-refractivity contribution is 0.509. The van der Waals surface area contributed by atoms with Crippen molar-refractivity contribution >= 4 is 27.6 Å². The summed E-state index contributed by atoms with van der Waals surface area (Å²) in [5.41, 5.74) is 0. The van der Waals surface area contributed by atoms with Crippen molar-refractivity contribution in [2.75, 3.05) is 17.7 Å². The van der Waals surface area contributed by atoms with Gasteiger partial charge < -0.3 is 10.6 Å². The minimum Gasteiger partial charge on any atom is -0.372 e. The molecule has 0 aliphatic heterocycles. The van der Waals surface area contributed by atoms with E-state index in [4.69, 9.17) is 0 Å². The number of aromatic nitrogens is 2. The van der Waals surface area contributed by atoms with Crippen LogP contribution >= 0.6 is 15.9 Å². The Hall–Kier alpha value is -0.840. The van der Waals surface area contributed by atoms with E-state index in [1.165, 1.54) is 0 Å². The molecule has 16 heavy (non-hydrogen) atoms. The number of anilines is 2. The number of nitrogens with zero attached hydrogens (tertiary/aromatic N) is 2. The molecule has 1 rings (SSSR count). The number of halogens is 1. The summed E-state index contributed by atoms with van der Waals surface area (Å²) in [5.74, 6) is 2.22. The quantitative estimate of drug-likeness (QED) is 0.873. The van der Waals surface area contributed by atoms with E-state index in [0.717, 1.165) is 22.5 Å². The highest BCUT2D eigenvalue weighted by Gasteiger charge is 2.14. The maximum Gasteiger partial charge on any atom is 0.146 e. The van der Waals surface area contributed by atoms with Crippen LogP contribution in [0.1, 0.15) is 27.2 Å². The molecule has 4 nitrogen and oxygen atoms in total. The van der Waals surface area contributed by atoms with Crippen molar-refractivity contribution in [3.63, 3.8) is 0 Å². The second-order valence-corrected chi connectivity index (χ2v) is 4.83. The van der Waals surface area contributed by atoms with Crippen LogP contribution in [0.5, 0.6) is 0 Å². The highest BCUT2D eigenvalue weighted by atomic mass is 79.9. The third kappa shape index (κ3) is 3.07. The molecule has 0 aromatic carbocycles. The van der Waals surface area contributed by atoms with Gasteiger partial charge in [-0.1, -0.05) is 20.8 Å². The van der Waals surface area contributed by atoms with Crippen LogP contribution < -0.4 is 10.6 Å². The SMILES string of the molecule is CCC(Nc1ncnc(NC)c1Br)C(C)C. The van der Waals surface area contributed by atoms with Gasteiger partial charge in [-0.15, -0.1) is 0 Å². The van der Waals surface area contributed by atoms with Gasteiger partial charge in [-0.2, -0.15) is 0 Å². The molecule has 1 unspecified atom stereocenters. The summed E-state index contributed by atoms with van der Waals surface area (Å²) in [6.07, 6.45) is 2.63. The van der Waals surface area contributed by atoms with Crippen LogP contribution in [-0.4, -0.2) is 23.1 Å². The second kappa shape index (κ2) is 6.03. The van der Waals surface area contributed by atoms with Gasteiger partial charge in [0.2, 0.25) is 0 Å². The van der Waals surface area contributed by atoms with Crippen LogP contribution in [0.3, 0.4) is 0 Å². The van der Waals surface area contributed by atoms with Crippen LogP contribution in [0.2, 0.25) is 0 Å². The molecule has 1 aromatic rings. The number of hydrogen-bond acceptors (Lipinski definition) is 4. The molecule has 90 valence electrons. The molecular weight excluding hydrogens is 268 g/mol. The highest BCUT2D eigenvalue weighted by molar-refractivity contribution is 9.10. The zero-order valence-electron chi connectivity index (χ0n) is 10.2. The molecule has 0 saturated heterocycles. The predicted molar refractivity (Wildman–Crippen MR) is 71.8 cm³/mol. The summed E-state index contributed by atoms with van der Waals surface area (Å²) in [7, 11) is 1.84. The first kappa shape index (κ1) is 13.2. The van der Waals surface area contributed by atoms with Gasteiger partial charge in [-0.05, 0) is 28.3 Å². The van der Waals surface area contributed by atoms with Crippen molar-refractivity contribution < 1.29 is 0 Å². The molecule has 0 bridgehead atoms. The van der Waals surface area contributed by atoms with Crippen molar-refractivity contribution in [3.05, 3.63) is 10.8 Å². The fourth-order valence-electron chi connectivity index (χ4n) is 1.56. The predicted octanol–water partition coefficient (Wildman–Crippen LogP) is 3.13. The van der Waals surface area contributed by atoms with Crippen molar-refractivity contribution in [1.29, 1.82) is 0 Å². The van der Waals surface area contributed by atoms with E-state index in [2.05, 4.69) is 57.3 Å². The van der Waals surface area contributed by atoms with E-state index in [0.29, 0.717) is 12.0 Å². The Kier molecular flexibility index (Phi) is 4.99. The van der Waals surface area contributed by atoms with E-state index < -0.39 is 0 Å². The molecule has 2 N–H and O–H groups in total. The summed E-state index contributed by atoms with van der Waals surface area (Å²) < 4.78 is 0.886. The third-order valence-electron chi connectivity index (χ3n) is 2.59. The summed E-state index contributed by atoms with van der Waals surface area (Å²) >= 11 is 3.50. The highest BCUT2D eigenvalue weighted by Crippen LogP contribution is 2.27. The van der Waals surface area contributed by atoms with Crippen molar-refractivity contribution in [1.82, 2.24) is 9.97 Å². The van der Waals surface area contributed by atoms with Gasteiger partial charge in [0.15, 0.2) is 0 Å². The summed E-state index contributed by atoms with van der Waals surface area (Å²) in [6.45, 7) is 6.58. The van der Waals surface area contributed by atoms with Gasteiger partial charge >= 0.3 is 0 Å². The first-order valence-corrected chi connectivity index (χ1v) is 6.34. The third-order valence-corrected chi connectivity index (χ3v) is 3.34. The van der Waals surface area contributed by atoms with Crippen molar-refractivity contribution in [2.45, 2.75) is 33.2 Å². The Morgan fingerprint density at radius 3 is 2.44 bits per heavy atom. The maximum atomic E-state index is 4.25. The standard InChI is InChI=1S/C11H19BrN4/c1-5-8(7(2)3)16-11-9(12)10(13-4)14-6-15-11/h6-8H,5H2,1-4H3,(H2,13,14,15,16). The minimum absolute atomic E-state index is 0.427. The monoisotopic (exact) mass is 286 g/mol. The minimum atomic E-state index is 0.427. The molecule has 0 aliphatic carbocycles. The van der Waals surface area contributed by atoms with Crippen LogP contribution in [0.4, 0.5) is 11.6 Å². The normalized spacial score (nSPS) is 12.6. The lowest BCUT2D eigenvalue weighted by Gasteiger charge is -2.22. The molecule has 5 heteroatoms. The summed E-state index contributed by atoms with van der Waals surface area (Å²) in [5, 5.41) is 6.45. The molecule has 0 aliphatic rings. The molecule has 1 aromatic heterocycles. The topological polar surface area (TPSA) is 49.8 Å². The van der Waals surface area contributed by atoms with Crippen LogP contribution in [-0.2, 0) is 0 Å². The summed E-state index contributed by atoms with van der Waals surface area (Å²) in [4.78, 5) is 8.37. The average Bonchev–Trinajstić information content (AvgIpc) is 2.27. The Balaban J connectivity index is 2.88. The molecular formula is C11H19BrN4. The van der Waals surface area contributed by atoms with Crippen molar-refractivity contribution in [2.24, 2.45) is 5.92 Å². The van der Waals surface area contributed by atoms with E-state index in [9.17, 15) is 0 Å². The van der Waals surface area contributed by atoms with Crippen LogP contribution in [0, 0.1) is 5.92 Å². The number of hydrogen-bond donors (Lipinski definition) is 2. The molecule has 0 fully saturated rings. The van der Waals surface area contributed by atoms with Gasteiger partial charge in [0, 0.05) is 13.1 Å². The fourth-order valence-corrected chi connectivity index (χ4v) is 2.08. The molecule has 0 amide bonds. The number of nitrogens with one attached hydrogen (secondary N) is 2. The molecule has 0 saturated carbocycles. The first-order valence-electron chi connectivity index (χ1n) is 5.54. The zero-order valence-corrected chi connectivity index (χ0v) is 11.8. The smallest absolute Gasteiger partial charge is 0.146 e. The van der Waals surface area contributed by atoms with E-state index >= 15 is 0 Å². The van der Waals surface area contributed by atoms with Gasteiger partial charge in [0.25, 0.3) is 0 Å². The Bertz CT molecular complexity index is 341. The Morgan fingerprint density at radius 1 is 1.31 bits per heavy atom. The Labute approximate surface area is 105 Å². The van der Waals surface area contributed by atoms with Crippen LogP contribution in [0.25, 0.3) is 0 Å². The fraction of sp³-hybridized carbons (Fsp3) is 0.636. The van der Waals surface area contributed by atoms with E-state index in [1.807, 2.05) is 7.05 Å². The Morgan fingerprint density at radius 2 is 1.94 bits per heavy atom. The largest absolute Gasteiger partial charge is 0.372 e. The van der Waals surface area contributed by atoms with Gasteiger partial charge in [-0.25, -0.2) is 9.97 Å². The van der Waals surface area contributed by atoms with Gasteiger partial charge in [-0.3, -0.25) is 0 Å². The van der Waals surface area contributed by atoms with Gasteiger partial charge in [0.05, 0.1) is 0 Å². The first-order chi connectivity index (χ1) is 7.60. The van der Waals surface area contributed by atoms with E-state index in [-0.39, 0.29) is 0 Å². The molecule has 0 spiro atoms. The lowest BCUT2D eigenvalue weighted by Crippen LogP contribution is -2.25. The van der Waals surface area contributed by atoms with E-state index in [1.54, 1.807) is 6.33 Å². The molecule has 1 atom stereocenters.